The standard InChI is InChI=1S/C13H14ClN3O/c14-10-4-3-5-11(8-10)16-12(18)17-13(9-15)6-1-2-7-13/h3-5,8H,1-2,6-7H2,(H2,16,17,18). The maximum absolute atomic E-state index is 11.8. The fourth-order valence-corrected chi connectivity index (χ4v) is 2.38. The summed E-state index contributed by atoms with van der Waals surface area (Å²) in [5.41, 5.74) is -0.0889. The summed E-state index contributed by atoms with van der Waals surface area (Å²) in [4.78, 5) is 11.8. The lowest BCUT2D eigenvalue weighted by atomic mass is 10.0. The summed E-state index contributed by atoms with van der Waals surface area (Å²) in [5, 5.41) is 15.2. The molecule has 1 aliphatic carbocycles. The molecule has 2 rings (SSSR count). The molecule has 1 aromatic carbocycles. The van der Waals surface area contributed by atoms with Crippen LogP contribution in [0.25, 0.3) is 0 Å². The van der Waals surface area contributed by atoms with E-state index in [1.165, 1.54) is 0 Å². The van der Waals surface area contributed by atoms with Gasteiger partial charge in [-0.3, -0.25) is 0 Å². The van der Waals surface area contributed by atoms with Crippen molar-refractivity contribution >= 4 is 23.3 Å². The fraction of sp³-hybridized carbons (Fsp3) is 0.385. The van der Waals surface area contributed by atoms with Gasteiger partial charge in [-0.05, 0) is 43.9 Å². The third-order valence-corrected chi connectivity index (χ3v) is 3.34. The van der Waals surface area contributed by atoms with Crippen molar-refractivity contribution in [1.29, 1.82) is 5.26 Å². The molecule has 0 heterocycles. The van der Waals surface area contributed by atoms with Gasteiger partial charge in [0, 0.05) is 10.7 Å². The van der Waals surface area contributed by atoms with Crippen molar-refractivity contribution in [1.82, 2.24) is 5.32 Å². The van der Waals surface area contributed by atoms with Crippen LogP contribution in [0.15, 0.2) is 24.3 Å². The average Bonchev–Trinajstić information content (AvgIpc) is 2.78. The summed E-state index contributed by atoms with van der Waals surface area (Å²) in [6, 6.07) is 8.75. The van der Waals surface area contributed by atoms with Crippen LogP contribution in [0.5, 0.6) is 0 Å². The van der Waals surface area contributed by atoms with E-state index >= 15 is 0 Å². The molecule has 0 spiro atoms. The van der Waals surface area contributed by atoms with Crippen LogP contribution in [0, 0.1) is 11.3 Å². The Hall–Kier alpha value is -1.73. The summed E-state index contributed by atoms with van der Waals surface area (Å²) in [6.45, 7) is 0. The number of anilines is 1. The SMILES string of the molecule is N#CC1(NC(=O)Nc2cccc(Cl)c2)CCCC1. The van der Waals surface area contributed by atoms with Gasteiger partial charge < -0.3 is 10.6 Å². The second-order valence-corrected chi connectivity index (χ2v) is 4.93. The van der Waals surface area contributed by atoms with E-state index in [-0.39, 0.29) is 6.03 Å². The molecule has 0 atom stereocenters. The number of hydrogen-bond acceptors (Lipinski definition) is 2. The number of urea groups is 1. The van der Waals surface area contributed by atoms with Gasteiger partial charge in [0.2, 0.25) is 0 Å². The number of nitrogens with one attached hydrogen (secondary N) is 2. The molecule has 94 valence electrons. The number of carbonyl (C=O) groups is 1. The molecule has 0 saturated heterocycles. The zero-order valence-corrected chi connectivity index (χ0v) is 10.6. The maximum atomic E-state index is 11.8. The van der Waals surface area contributed by atoms with Crippen LogP contribution in [0.2, 0.25) is 5.02 Å². The summed E-state index contributed by atoms with van der Waals surface area (Å²) in [6.07, 6.45) is 3.38. The number of rotatable bonds is 2. The largest absolute Gasteiger partial charge is 0.320 e. The molecule has 0 aromatic heterocycles. The van der Waals surface area contributed by atoms with Crippen molar-refractivity contribution in [2.45, 2.75) is 31.2 Å². The highest BCUT2D eigenvalue weighted by atomic mass is 35.5. The minimum atomic E-state index is -0.706. The Balaban J connectivity index is 1.99. The maximum Gasteiger partial charge on any atom is 0.320 e. The third kappa shape index (κ3) is 2.93. The number of benzene rings is 1. The number of carbonyl (C=O) groups excluding carboxylic acids is 1. The third-order valence-electron chi connectivity index (χ3n) is 3.11. The smallest absolute Gasteiger partial charge is 0.319 e. The van der Waals surface area contributed by atoms with E-state index in [0.29, 0.717) is 23.6 Å². The minimum Gasteiger partial charge on any atom is -0.319 e. The average molecular weight is 264 g/mol. The van der Waals surface area contributed by atoms with Crippen LogP contribution in [0.4, 0.5) is 10.5 Å². The van der Waals surface area contributed by atoms with Crippen molar-refractivity contribution in [3.8, 4) is 6.07 Å². The highest BCUT2D eigenvalue weighted by Gasteiger charge is 2.35. The molecule has 4 nitrogen and oxygen atoms in total. The first-order chi connectivity index (χ1) is 8.63. The molecule has 1 aliphatic rings. The van der Waals surface area contributed by atoms with E-state index < -0.39 is 5.54 Å². The molecule has 18 heavy (non-hydrogen) atoms. The van der Waals surface area contributed by atoms with E-state index in [1.54, 1.807) is 24.3 Å². The Morgan fingerprint density at radius 1 is 1.39 bits per heavy atom. The van der Waals surface area contributed by atoms with Crippen LogP contribution >= 0.6 is 11.6 Å². The van der Waals surface area contributed by atoms with E-state index in [4.69, 9.17) is 16.9 Å². The summed E-state index contributed by atoms with van der Waals surface area (Å²) < 4.78 is 0. The van der Waals surface area contributed by atoms with Gasteiger partial charge in [-0.1, -0.05) is 17.7 Å². The molecular weight excluding hydrogens is 250 g/mol. The second-order valence-electron chi connectivity index (χ2n) is 4.49. The lowest BCUT2D eigenvalue weighted by Gasteiger charge is -2.22. The van der Waals surface area contributed by atoms with Crippen LogP contribution < -0.4 is 10.6 Å². The van der Waals surface area contributed by atoms with Gasteiger partial charge in [0.1, 0.15) is 5.54 Å². The second kappa shape index (κ2) is 5.28. The molecule has 1 saturated carbocycles. The lowest BCUT2D eigenvalue weighted by molar-refractivity contribution is 0.244. The van der Waals surface area contributed by atoms with E-state index in [2.05, 4.69) is 16.7 Å². The molecule has 1 fully saturated rings. The van der Waals surface area contributed by atoms with Crippen LogP contribution in [0.1, 0.15) is 25.7 Å². The lowest BCUT2D eigenvalue weighted by Crippen LogP contribution is -2.47. The Morgan fingerprint density at radius 3 is 2.72 bits per heavy atom. The Labute approximate surface area is 111 Å². The fourth-order valence-electron chi connectivity index (χ4n) is 2.19. The summed E-state index contributed by atoms with van der Waals surface area (Å²) in [7, 11) is 0. The molecular formula is C13H14ClN3O. The Kier molecular flexibility index (Phi) is 3.73. The predicted octanol–water partition coefficient (Wildman–Crippen LogP) is 3.30. The number of amides is 2. The highest BCUT2D eigenvalue weighted by molar-refractivity contribution is 6.30. The van der Waals surface area contributed by atoms with Gasteiger partial charge in [0.15, 0.2) is 0 Å². The van der Waals surface area contributed by atoms with Gasteiger partial charge >= 0.3 is 6.03 Å². The summed E-state index contributed by atoms with van der Waals surface area (Å²) >= 11 is 5.83. The van der Waals surface area contributed by atoms with Crippen molar-refractivity contribution in [3.63, 3.8) is 0 Å². The van der Waals surface area contributed by atoms with Gasteiger partial charge in [0.25, 0.3) is 0 Å². The predicted molar refractivity (Wildman–Crippen MR) is 70.4 cm³/mol. The van der Waals surface area contributed by atoms with E-state index in [9.17, 15) is 4.79 Å². The molecule has 1 aromatic rings. The first-order valence-electron chi connectivity index (χ1n) is 5.90. The molecule has 0 unspecified atom stereocenters. The van der Waals surface area contributed by atoms with Crippen LogP contribution in [-0.2, 0) is 0 Å². The summed E-state index contributed by atoms with van der Waals surface area (Å²) in [5.74, 6) is 0. The van der Waals surface area contributed by atoms with E-state index in [1.807, 2.05) is 0 Å². The zero-order chi connectivity index (χ0) is 13.0. The van der Waals surface area contributed by atoms with Crippen molar-refractivity contribution < 1.29 is 4.79 Å². The number of halogens is 1. The Morgan fingerprint density at radius 2 is 2.11 bits per heavy atom. The normalized spacial score (nSPS) is 16.9. The number of nitrogens with zero attached hydrogens (tertiary/aromatic N) is 1. The molecule has 0 radical (unpaired) electrons. The van der Waals surface area contributed by atoms with E-state index in [0.717, 1.165) is 12.8 Å². The number of hydrogen-bond donors (Lipinski definition) is 2. The van der Waals surface area contributed by atoms with Gasteiger partial charge in [-0.25, -0.2) is 4.79 Å². The highest BCUT2D eigenvalue weighted by Crippen LogP contribution is 2.29. The van der Waals surface area contributed by atoms with Crippen molar-refractivity contribution in [3.05, 3.63) is 29.3 Å². The molecule has 5 heteroatoms. The van der Waals surface area contributed by atoms with Gasteiger partial charge in [-0.2, -0.15) is 5.26 Å². The molecule has 2 amide bonds. The molecule has 0 aliphatic heterocycles. The Bertz CT molecular complexity index is 489. The minimum absolute atomic E-state index is 0.360. The van der Waals surface area contributed by atoms with Crippen LogP contribution in [0.3, 0.4) is 0 Å². The van der Waals surface area contributed by atoms with Crippen LogP contribution in [-0.4, -0.2) is 11.6 Å². The quantitative estimate of drug-likeness (QED) is 0.860. The first-order valence-corrected chi connectivity index (χ1v) is 6.27. The zero-order valence-electron chi connectivity index (χ0n) is 9.87. The van der Waals surface area contributed by atoms with Crippen molar-refractivity contribution in [2.75, 3.05) is 5.32 Å². The van der Waals surface area contributed by atoms with Gasteiger partial charge in [-0.15, -0.1) is 0 Å². The first kappa shape index (κ1) is 12.7. The monoisotopic (exact) mass is 263 g/mol. The molecule has 2 N–H and O–H groups in total. The number of nitriles is 1. The van der Waals surface area contributed by atoms with Gasteiger partial charge in [0.05, 0.1) is 6.07 Å². The topological polar surface area (TPSA) is 64.9 Å². The molecule has 0 bridgehead atoms. The van der Waals surface area contributed by atoms with Crippen molar-refractivity contribution in [2.24, 2.45) is 0 Å².